The third-order valence-electron chi connectivity index (χ3n) is 7.13. The predicted octanol–water partition coefficient (Wildman–Crippen LogP) is 4.20. The summed E-state index contributed by atoms with van der Waals surface area (Å²) in [5, 5.41) is 17.4. The summed E-state index contributed by atoms with van der Waals surface area (Å²) in [6.07, 6.45) is 1.64. The van der Waals surface area contributed by atoms with E-state index in [9.17, 15) is 4.79 Å². The van der Waals surface area contributed by atoms with Crippen LogP contribution in [0.4, 0.5) is 5.69 Å². The Hall–Kier alpha value is -4.33. The maximum atomic E-state index is 13.6. The van der Waals surface area contributed by atoms with E-state index in [-0.39, 0.29) is 23.8 Å². The second kappa shape index (κ2) is 9.61. The average molecular weight is 497 g/mol. The van der Waals surface area contributed by atoms with Crippen LogP contribution in [0.3, 0.4) is 0 Å². The van der Waals surface area contributed by atoms with E-state index in [1.165, 1.54) is 0 Å². The topological polar surface area (TPSA) is 133 Å². The number of hydrogen-bond acceptors (Lipinski definition) is 4. The van der Waals surface area contributed by atoms with Gasteiger partial charge in [-0.15, -0.1) is 0 Å². The van der Waals surface area contributed by atoms with Gasteiger partial charge in [0.05, 0.1) is 12.2 Å². The Bertz CT molecular complexity index is 1450. The largest absolute Gasteiger partial charge is 0.490 e. The van der Waals surface area contributed by atoms with Gasteiger partial charge in [-0.25, -0.2) is 0 Å². The Morgan fingerprint density at radius 3 is 2.38 bits per heavy atom. The molecule has 0 aliphatic carbocycles. The number of guanidine groups is 1. The number of nitrogen functional groups attached to an aromatic ring is 1. The number of fused-ring (bicyclic) bond motifs is 2. The number of nitrogens with one attached hydrogen (secondary N) is 2. The van der Waals surface area contributed by atoms with E-state index in [4.69, 9.17) is 27.0 Å². The molecule has 0 atom stereocenters. The van der Waals surface area contributed by atoms with Crippen molar-refractivity contribution in [3.63, 3.8) is 0 Å². The molecule has 3 aromatic rings. The van der Waals surface area contributed by atoms with Crippen LogP contribution in [0.1, 0.15) is 43.4 Å². The molecule has 37 heavy (non-hydrogen) atoms. The number of hydrogen-bond donors (Lipinski definition) is 4. The van der Waals surface area contributed by atoms with Crippen LogP contribution in [0, 0.1) is 10.8 Å². The Labute approximate surface area is 216 Å². The van der Waals surface area contributed by atoms with E-state index in [1.54, 1.807) is 0 Å². The summed E-state index contributed by atoms with van der Waals surface area (Å²) >= 11 is 0. The predicted molar refractivity (Wildman–Crippen MR) is 148 cm³/mol. The number of carbonyl (C=O) groups excluding carboxylic acids is 1. The van der Waals surface area contributed by atoms with Crippen molar-refractivity contribution < 1.29 is 9.53 Å². The van der Waals surface area contributed by atoms with Crippen molar-refractivity contribution in [1.82, 2.24) is 4.90 Å². The number of anilines is 1. The first-order valence-electron chi connectivity index (χ1n) is 12.5. The zero-order chi connectivity index (χ0) is 26.3. The Kier molecular flexibility index (Phi) is 6.33. The fourth-order valence-electron chi connectivity index (χ4n) is 5.18. The number of rotatable bonds is 5. The Morgan fingerprint density at radius 1 is 0.973 bits per heavy atom. The standard InChI is InChI=1S/C29H32N6O2/c1-17(2)26-24-15-23(37-22-9-11-34(12-10-22)29(32)33)7-8-25(24)35(28(26)36)16-18-3-4-19-5-6-20(27(30)31)14-21(19)13-18/h3-8,13-15,22H,9-12,16H2,1-2H3,(H3,30,31)(H3,32,33). The number of piperidine rings is 1. The summed E-state index contributed by atoms with van der Waals surface area (Å²) in [6, 6.07) is 17.7. The van der Waals surface area contributed by atoms with Gasteiger partial charge in [0.25, 0.3) is 5.91 Å². The molecular weight excluding hydrogens is 464 g/mol. The Balaban J connectivity index is 1.41. The summed E-state index contributed by atoms with van der Waals surface area (Å²) in [5.41, 5.74) is 16.4. The second-order valence-corrected chi connectivity index (χ2v) is 9.94. The molecule has 0 bridgehead atoms. The van der Waals surface area contributed by atoms with Gasteiger partial charge >= 0.3 is 0 Å². The van der Waals surface area contributed by atoms with E-state index >= 15 is 0 Å². The van der Waals surface area contributed by atoms with Gasteiger partial charge in [-0.1, -0.05) is 29.8 Å². The zero-order valence-electron chi connectivity index (χ0n) is 21.2. The number of benzene rings is 3. The van der Waals surface area contributed by atoms with E-state index in [0.29, 0.717) is 30.8 Å². The lowest BCUT2D eigenvalue weighted by atomic mass is 10.0. The first kappa shape index (κ1) is 24.4. The molecule has 0 aromatic heterocycles. The van der Waals surface area contributed by atoms with Crippen molar-refractivity contribution in [2.75, 3.05) is 18.0 Å². The summed E-state index contributed by atoms with van der Waals surface area (Å²) in [7, 11) is 0. The van der Waals surface area contributed by atoms with Gasteiger partial charge in [-0.2, -0.15) is 0 Å². The zero-order valence-corrected chi connectivity index (χ0v) is 21.2. The lowest BCUT2D eigenvalue weighted by Crippen LogP contribution is -2.44. The molecule has 1 amide bonds. The molecule has 8 heteroatoms. The highest BCUT2D eigenvalue weighted by atomic mass is 16.5. The molecule has 1 saturated heterocycles. The number of amidine groups is 1. The van der Waals surface area contributed by atoms with Crippen molar-refractivity contribution in [2.45, 2.75) is 39.3 Å². The minimum Gasteiger partial charge on any atom is -0.490 e. The average Bonchev–Trinajstić information content (AvgIpc) is 3.14. The lowest BCUT2D eigenvalue weighted by Gasteiger charge is -2.32. The number of carbonyl (C=O) groups is 1. The number of nitrogens with two attached hydrogens (primary N) is 2. The highest BCUT2D eigenvalue weighted by Crippen LogP contribution is 2.41. The molecule has 2 heterocycles. The first-order chi connectivity index (χ1) is 17.7. The van der Waals surface area contributed by atoms with Gasteiger partial charge in [-0.3, -0.25) is 15.6 Å². The molecule has 0 saturated carbocycles. The molecule has 2 aliphatic heterocycles. The van der Waals surface area contributed by atoms with Crippen molar-refractivity contribution in [3.8, 4) is 5.75 Å². The van der Waals surface area contributed by atoms with Crippen LogP contribution in [0.15, 0.2) is 60.2 Å². The Morgan fingerprint density at radius 2 is 1.70 bits per heavy atom. The molecular formula is C29H32N6O2. The highest BCUT2D eigenvalue weighted by molar-refractivity contribution is 6.33. The molecule has 3 aromatic carbocycles. The van der Waals surface area contributed by atoms with Gasteiger partial charge in [0.15, 0.2) is 5.96 Å². The third-order valence-corrected chi connectivity index (χ3v) is 7.13. The van der Waals surface area contributed by atoms with Crippen LogP contribution >= 0.6 is 0 Å². The minimum absolute atomic E-state index is 0.0144. The van der Waals surface area contributed by atoms with E-state index in [1.807, 2.05) is 72.2 Å². The smallest absolute Gasteiger partial charge is 0.259 e. The van der Waals surface area contributed by atoms with Gasteiger partial charge in [-0.05, 0) is 60.5 Å². The van der Waals surface area contributed by atoms with Gasteiger partial charge in [0.2, 0.25) is 0 Å². The lowest BCUT2D eigenvalue weighted by molar-refractivity contribution is -0.113. The van der Waals surface area contributed by atoms with Crippen LogP contribution in [0.2, 0.25) is 0 Å². The fraction of sp³-hybridized carbons (Fsp3) is 0.276. The summed E-state index contributed by atoms with van der Waals surface area (Å²) in [6.45, 7) is 5.77. The second-order valence-electron chi connectivity index (χ2n) is 9.94. The van der Waals surface area contributed by atoms with Gasteiger partial charge < -0.3 is 26.0 Å². The molecule has 6 N–H and O–H groups in total. The molecule has 2 aliphatic rings. The highest BCUT2D eigenvalue weighted by Gasteiger charge is 2.34. The van der Waals surface area contributed by atoms with Crippen LogP contribution in [0.25, 0.3) is 16.3 Å². The first-order valence-corrected chi connectivity index (χ1v) is 12.5. The van der Waals surface area contributed by atoms with Crippen LogP contribution in [-0.2, 0) is 11.3 Å². The number of amides is 1. The van der Waals surface area contributed by atoms with E-state index in [0.717, 1.165) is 51.8 Å². The molecule has 190 valence electrons. The molecule has 5 rings (SSSR count). The summed E-state index contributed by atoms with van der Waals surface area (Å²) < 4.78 is 6.29. The monoisotopic (exact) mass is 496 g/mol. The molecule has 0 radical (unpaired) electrons. The molecule has 0 spiro atoms. The quantitative estimate of drug-likeness (QED) is 0.239. The van der Waals surface area contributed by atoms with Gasteiger partial charge in [0, 0.05) is 42.6 Å². The number of likely N-dealkylation sites (tertiary alicyclic amines) is 1. The summed E-state index contributed by atoms with van der Waals surface area (Å²) in [5.74, 6) is 0.871. The minimum atomic E-state index is -0.0144. The third kappa shape index (κ3) is 4.74. The normalized spacial score (nSPS) is 15.7. The molecule has 1 fully saturated rings. The van der Waals surface area contributed by atoms with Crippen LogP contribution in [0.5, 0.6) is 5.75 Å². The van der Waals surface area contributed by atoms with Crippen molar-refractivity contribution in [3.05, 3.63) is 76.9 Å². The van der Waals surface area contributed by atoms with E-state index in [2.05, 4.69) is 6.07 Å². The van der Waals surface area contributed by atoms with Crippen molar-refractivity contribution >= 4 is 39.7 Å². The number of ether oxygens (including phenoxy) is 1. The molecule has 8 nitrogen and oxygen atoms in total. The summed E-state index contributed by atoms with van der Waals surface area (Å²) in [4.78, 5) is 17.2. The fourth-order valence-corrected chi connectivity index (χ4v) is 5.18. The molecule has 0 unspecified atom stereocenters. The maximum Gasteiger partial charge on any atom is 0.259 e. The van der Waals surface area contributed by atoms with Crippen LogP contribution < -0.4 is 21.1 Å². The SMILES string of the molecule is CC(C)=C1C(=O)N(Cc2ccc3ccc(C(=N)N)cc3c2)c2ccc(OC3CCN(C(=N)N)CC3)cc21. The maximum absolute atomic E-state index is 13.6. The van der Waals surface area contributed by atoms with Crippen molar-refractivity contribution in [2.24, 2.45) is 11.5 Å². The van der Waals surface area contributed by atoms with Crippen LogP contribution in [-0.4, -0.2) is 41.8 Å². The number of allylic oxidation sites excluding steroid dienone is 1. The van der Waals surface area contributed by atoms with Crippen molar-refractivity contribution in [1.29, 1.82) is 10.8 Å². The van der Waals surface area contributed by atoms with Gasteiger partial charge in [0.1, 0.15) is 17.7 Å². The van der Waals surface area contributed by atoms with E-state index < -0.39 is 0 Å². The number of nitrogens with zero attached hydrogens (tertiary/aromatic N) is 2.